The first-order chi connectivity index (χ1) is 4.97. The van der Waals surface area contributed by atoms with Crippen LogP contribution in [0.2, 0.25) is 0 Å². The lowest BCUT2D eigenvalue weighted by Crippen LogP contribution is -1.65. The minimum Gasteiger partial charge on any atom is -0.263 e. The largest absolute Gasteiger partial charge is 0.263 e. The average molecular weight is 131 g/mol. The first-order valence-corrected chi connectivity index (χ1v) is 2.97. The average Bonchev–Trinajstić information content (AvgIpc) is 2.28. The first kappa shape index (κ1) is 5.29. The molecule has 0 aliphatic carbocycles. The van der Waals surface area contributed by atoms with E-state index in [4.69, 9.17) is 0 Å². The van der Waals surface area contributed by atoms with Crippen LogP contribution in [0.15, 0.2) is 30.9 Å². The van der Waals surface area contributed by atoms with Crippen LogP contribution in [-0.2, 0) is 0 Å². The molecule has 10 heavy (non-hydrogen) atoms. The number of hydrogen-bond donors (Lipinski definition) is 0. The Bertz CT molecular complexity index is 280. The Hall–Kier alpha value is -1.51. The normalized spacial score (nSPS) is 10.0. The van der Waals surface area contributed by atoms with E-state index in [-0.39, 0.29) is 0 Å². The smallest absolute Gasteiger partial charge is 0.0590 e. The maximum Gasteiger partial charge on any atom is 0.0590 e. The molecule has 0 radical (unpaired) electrons. The van der Waals surface area contributed by atoms with Gasteiger partial charge in [-0.2, -0.15) is 10.2 Å². The van der Waals surface area contributed by atoms with E-state index in [2.05, 4.69) is 15.2 Å². The predicted octanol–water partition coefficient (Wildman–Crippen LogP) is 0.976. The molecule has 0 aromatic carbocycles. The number of fused-ring (bicyclic) bond motifs is 1. The molecule has 0 aromatic rings. The molecule has 0 unspecified atom stereocenters. The van der Waals surface area contributed by atoms with Crippen LogP contribution in [0, 0.1) is 0 Å². The highest BCUT2D eigenvalue weighted by Gasteiger charge is 1.97. The molecule has 0 saturated heterocycles. The fourth-order valence-corrected chi connectivity index (χ4v) is 0.842. The van der Waals surface area contributed by atoms with E-state index in [9.17, 15) is 0 Å². The lowest BCUT2D eigenvalue weighted by atomic mass is 10.2. The summed E-state index contributed by atoms with van der Waals surface area (Å²) in [5.74, 6) is 0. The van der Waals surface area contributed by atoms with Crippen LogP contribution >= 0.6 is 0 Å². The van der Waals surface area contributed by atoms with Crippen molar-refractivity contribution >= 4 is 0 Å². The van der Waals surface area contributed by atoms with E-state index in [0.29, 0.717) is 0 Å². The van der Waals surface area contributed by atoms with Crippen molar-refractivity contribution in [1.82, 2.24) is 15.2 Å². The summed E-state index contributed by atoms with van der Waals surface area (Å²) in [6.45, 7) is 0. The molecule has 2 rings (SSSR count). The Balaban J connectivity index is 2.74. The quantitative estimate of drug-likeness (QED) is 0.534. The molecule has 48 valence electrons. The van der Waals surface area contributed by atoms with Crippen LogP contribution in [0.1, 0.15) is 0 Å². The van der Waals surface area contributed by atoms with Gasteiger partial charge in [-0.25, -0.2) is 0 Å². The van der Waals surface area contributed by atoms with Gasteiger partial charge in [0.25, 0.3) is 0 Å². The van der Waals surface area contributed by atoms with Gasteiger partial charge in [0.05, 0.1) is 12.4 Å². The number of nitrogens with zero attached hydrogens (tertiary/aromatic N) is 3. The molecule has 2 aliphatic heterocycles. The monoisotopic (exact) mass is 131 g/mol. The number of rotatable bonds is 0. The van der Waals surface area contributed by atoms with Gasteiger partial charge in [-0.15, -0.1) is 0 Å². The summed E-state index contributed by atoms with van der Waals surface area (Å²) < 4.78 is 0. The van der Waals surface area contributed by atoms with E-state index in [1.807, 2.05) is 6.07 Å². The Morgan fingerprint density at radius 2 is 1.80 bits per heavy atom. The third-order valence-corrected chi connectivity index (χ3v) is 1.34. The van der Waals surface area contributed by atoms with Crippen molar-refractivity contribution in [2.24, 2.45) is 0 Å². The number of aromatic nitrogens is 3. The standard InChI is InChI=1S/C7H5N3/c1-2-9-10-5-7-4-8-3-6(1)7/h1-5H. The van der Waals surface area contributed by atoms with Crippen LogP contribution in [0.5, 0.6) is 0 Å². The molecule has 0 fully saturated rings. The predicted molar refractivity (Wildman–Crippen MR) is 36.4 cm³/mol. The number of hydrogen-bond acceptors (Lipinski definition) is 3. The zero-order valence-corrected chi connectivity index (χ0v) is 5.23. The van der Waals surface area contributed by atoms with Gasteiger partial charge in [0, 0.05) is 23.5 Å². The molecular formula is C7H5N3. The van der Waals surface area contributed by atoms with Crippen molar-refractivity contribution in [2.75, 3.05) is 0 Å². The fraction of sp³-hybridized carbons (Fsp3) is 0. The van der Waals surface area contributed by atoms with Crippen molar-refractivity contribution in [2.45, 2.75) is 0 Å². The third kappa shape index (κ3) is 0.719. The lowest BCUT2D eigenvalue weighted by molar-refractivity contribution is 1.05. The summed E-state index contributed by atoms with van der Waals surface area (Å²) >= 11 is 0. The second kappa shape index (κ2) is 2.02. The van der Waals surface area contributed by atoms with Gasteiger partial charge in [-0.3, -0.25) is 4.98 Å². The molecule has 0 N–H and O–H groups in total. The Kier molecular flexibility index (Phi) is 1.07. The van der Waals surface area contributed by atoms with Crippen molar-refractivity contribution in [3.05, 3.63) is 30.9 Å². The van der Waals surface area contributed by atoms with Crippen LogP contribution < -0.4 is 0 Å². The maximum absolute atomic E-state index is 3.96. The highest BCUT2D eigenvalue weighted by molar-refractivity contribution is 5.61. The van der Waals surface area contributed by atoms with Gasteiger partial charge in [0.15, 0.2) is 0 Å². The molecule has 0 atom stereocenters. The van der Waals surface area contributed by atoms with Crippen LogP contribution in [0.4, 0.5) is 0 Å². The van der Waals surface area contributed by atoms with Crippen LogP contribution in [0.25, 0.3) is 11.1 Å². The molecule has 0 aromatic heterocycles. The highest BCUT2D eigenvalue weighted by atomic mass is 15.1. The van der Waals surface area contributed by atoms with Gasteiger partial charge in [0.1, 0.15) is 0 Å². The van der Waals surface area contributed by atoms with Crippen LogP contribution in [-0.4, -0.2) is 15.2 Å². The summed E-state index contributed by atoms with van der Waals surface area (Å²) in [5.41, 5.74) is 2.10. The zero-order valence-electron chi connectivity index (χ0n) is 5.23. The SMILES string of the molecule is c1cc2cncc-2cnn1. The van der Waals surface area contributed by atoms with Gasteiger partial charge in [-0.1, -0.05) is 0 Å². The summed E-state index contributed by atoms with van der Waals surface area (Å²) in [7, 11) is 0. The fourth-order valence-electron chi connectivity index (χ4n) is 0.842. The topological polar surface area (TPSA) is 38.7 Å². The van der Waals surface area contributed by atoms with E-state index < -0.39 is 0 Å². The first-order valence-electron chi connectivity index (χ1n) is 2.97. The molecule has 3 nitrogen and oxygen atoms in total. The maximum atomic E-state index is 3.96. The molecule has 2 aliphatic rings. The second-order valence-electron chi connectivity index (χ2n) is 1.99. The Morgan fingerprint density at radius 1 is 0.900 bits per heavy atom. The van der Waals surface area contributed by atoms with E-state index in [1.54, 1.807) is 24.8 Å². The minimum atomic E-state index is 1.03. The molecule has 0 bridgehead atoms. The molecule has 0 spiro atoms. The van der Waals surface area contributed by atoms with E-state index in [0.717, 1.165) is 11.1 Å². The zero-order chi connectivity index (χ0) is 6.81. The molecule has 0 amide bonds. The van der Waals surface area contributed by atoms with Crippen LogP contribution in [0.3, 0.4) is 0 Å². The van der Waals surface area contributed by atoms with Gasteiger partial charge in [-0.05, 0) is 6.07 Å². The highest BCUT2D eigenvalue weighted by Crippen LogP contribution is 2.15. The summed E-state index contributed by atoms with van der Waals surface area (Å²) in [5, 5.41) is 7.48. The van der Waals surface area contributed by atoms with Gasteiger partial charge < -0.3 is 0 Å². The van der Waals surface area contributed by atoms with E-state index in [1.165, 1.54) is 0 Å². The van der Waals surface area contributed by atoms with Gasteiger partial charge in [0.2, 0.25) is 0 Å². The van der Waals surface area contributed by atoms with Gasteiger partial charge >= 0.3 is 0 Å². The van der Waals surface area contributed by atoms with Crippen molar-refractivity contribution in [3.63, 3.8) is 0 Å². The molecule has 2 heterocycles. The lowest BCUT2D eigenvalue weighted by Gasteiger charge is -1.81. The minimum absolute atomic E-state index is 1.03. The van der Waals surface area contributed by atoms with E-state index >= 15 is 0 Å². The summed E-state index contributed by atoms with van der Waals surface area (Å²) in [6.07, 6.45) is 6.91. The third-order valence-electron chi connectivity index (χ3n) is 1.34. The van der Waals surface area contributed by atoms with Crippen molar-refractivity contribution < 1.29 is 0 Å². The Morgan fingerprint density at radius 3 is 2.80 bits per heavy atom. The Labute approximate surface area is 58.1 Å². The molecule has 3 heteroatoms. The molecular weight excluding hydrogens is 126 g/mol. The van der Waals surface area contributed by atoms with Crippen molar-refractivity contribution in [1.29, 1.82) is 0 Å². The summed E-state index contributed by atoms with van der Waals surface area (Å²) in [6, 6.07) is 1.88. The second-order valence-corrected chi connectivity index (χ2v) is 1.99. The summed E-state index contributed by atoms with van der Waals surface area (Å²) in [4.78, 5) is 3.96. The van der Waals surface area contributed by atoms with Crippen molar-refractivity contribution in [3.8, 4) is 11.1 Å². The molecule has 0 saturated carbocycles.